The van der Waals surface area contributed by atoms with Crippen LogP contribution in [0.25, 0.3) is 10.8 Å². The third kappa shape index (κ3) is 4.81. The van der Waals surface area contributed by atoms with Crippen LogP contribution in [0.3, 0.4) is 0 Å². The van der Waals surface area contributed by atoms with Crippen LogP contribution in [0.15, 0.2) is 24.3 Å². The zero-order valence-electron chi connectivity index (χ0n) is 23.2. The van der Waals surface area contributed by atoms with Crippen LogP contribution in [0, 0.1) is 17.3 Å². The molecule has 3 rings (SSSR count). The lowest BCUT2D eigenvalue weighted by atomic mass is 9.74. The molecule has 1 aliphatic heterocycles. The fraction of sp³-hybridized carbons (Fsp3) is 0.536. The van der Waals surface area contributed by atoms with Crippen molar-refractivity contribution < 1.29 is 23.2 Å². The van der Waals surface area contributed by atoms with Gasteiger partial charge in [-0.2, -0.15) is 0 Å². The van der Waals surface area contributed by atoms with Crippen LogP contribution >= 0.6 is 0 Å². The molecule has 1 saturated heterocycles. The van der Waals surface area contributed by atoms with Gasteiger partial charge < -0.3 is 19.8 Å². The lowest BCUT2D eigenvalue weighted by Crippen LogP contribution is -2.43. The maximum absolute atomic E-state index is 15.6. The van der Waals surface area contributed by atoms with Gasteiger partial charge in [0.2, 0.25) is 0 Å². The number of carbonyl (C=O) groups is 1. The largest absolute Gasteiger partial charge is 0.495 e. The second-order valence-corrected chi connectivity index (χ2v) is 17.2. The molecule has 2 aromatic rings. The molecule has 0 unspecified atom stereocenters. The molecule has 8 heteroatoms. The topological polar surface area (TPSA) is 70.8 Å². The van der Waals surface area contributed by atoms with Crippen LogP contribution in [0.4, 0.5) is 9.18 Å². The second kappa shape index (κ2) is 9.85. The van der Waals surface area contributed by atoms with E-state index in [1.807, 2.05) is 33.8 Å². The molecule has 2 aromatic carbocycles. The van der Waals surface area contributed by atoms with Crippen molar-refractivity contribution in [2.75, 3.05) is 0 Å². The molecular weight excluding hydrogens is 472 g/mol. The van der Waals surface area contributed by atoms with Crippen LogP contribution in [0.1, 0.15) is 74.8 Å². The first-order valence-electron chi connectivity index (χ1n) is 12.7. The molecule has 0 aromatic heterocycles. The van der Waals surface area contributed by atoms with Crippen molar-refractivity contribution in [1.29, 1.82) is 0 Å². The number of hydrogen-bond acceptors (Lipinski definition) is 4. The SMILES string of the molecule is CC(C)[Si](C#Cc1cccc2c(F)c(OC(N)=O)cc(B3OC(C)(C)C(C)(C)O3)c12)(C(C)C)C(C)C. The lowest BCUT2D eigenvalue weighted by molar-refractivity contribution is 0.00578. The summed E-state index contributed by atoms with van der Waals surface area (Å²) in [5.41, 5.74) is 10.3. The highest BCUT2D eigenvalue weighted by atomic mass is 28.3. The van der Waals surface area contributed by atoms with Gasteiger partial charge in [-0.1, -0.05) is 59.6 Å². The average molecular weight is 512 g/mol. The van der Waals surface area contributed by atoms with Crippen LogP contribution in [0.5, 0.6) is 5.75 Å². The Kier molecular flexibility index (Phi) is 7.72. The first-order chi connectivity index (χ1) is 16.5. The fourth-order valence-corrected chi connectivity index (χ4v) is 10.7. The number of fused-ring (bicyclic) bond motifs is 1. The molecule has 1 heterocycles. The van der Waals surface area contributed by atoms with Crippen LogP contribution < -0.4 is 15.9 Å². The third-order valence-electron chi connectivity index (χ3n) is 8.09. The van der Waals surface area contributed by atoms with Crippen molar-refractivity contribution in [3.8, 4) is 17.2 Å². The number of amides is 1. The molecule has 0 radical (unpaired) electrons. The van der Waals surface area contributed by atoms with E-state index in [0.717, 1.165) is 0 Å². The molecule has 0 atom stereocenters. The third-order valence-corrected chi connectivity index (χ3v) is 14.4. The molecule has 194 valence electrons. The van der Waals surface area contributed by atoms with Crippen molar-refractivity contribution in [1.82, 2.24) is 0 Å². The first-order valence-corrected chi connectivity index (χ1v) is 14.9. The quantitative estimate of drug-likeness (QED) is 0.378. The van der Waals surface area contributed by atoms with Gasteiger partial charge in [0.15, 0.2) is 11.6 Å². The predicted molar refractivity (Wildman–Crippen MR) is 148 cm³/mol. The monoisotopic (exact) mass is 511 g/mol. The fourth-order valence-electron chi connectivity index (χ4n) is 5.51. The Morgan fingerprint density at radius 2 is 1.56 bits per heavy atom. The average Bonchev–Trinajstić information content (AvgIpc) is 2.96. The Morgan fingerprint density at radius 1 is 1.03 bits per heavy atom. The minimum absolute atomic E-state index is 0.264. The summed E-state index contributed by atoms with van der Waals surface area (Å²) in [5.74, 6) is 2.53. The van der Waals surface area contributed by atoms with E-state index in [4.69, 9.17) is 19.8 Å². The molecule has 1 amide bonds. The second-order valence-electron chi connectivity index (χ2n) is 11.7. The van der Waals surface area contributed by atoms with Crippen LogP contribution in [-0.4, -0.2) is 32.5 Å². The van der Waals surface area contributed by atoms with E-state index in [9.17, 15) is 4.79 Å². The number of benzene rings is 2. The van der Waals surface area contributed by atoms with Gasteiger partial charge in [0.25, 0.3) is 0 Å². The zero-order valence-corrected chi connectivity index (χ0v) is 24.2. The van der Waals surface area contributed by atoms with E-state index in [1.54, 1.807) is 12.1 Å². The Hall–Kier alpha value is -2.34. The predicted octanol–water partition coefficient (Wildman–Crippen LogP) is 6.31. The van der Waals surface area contributed by atoms with E-state index < -0.39 is 38.3 Å². The summed E-state index contributed by atoms with van der Waals surface area (Å²) in [7, 11) is -2.85. The van der Waals surface area contributed by atoms with Crippen molar-refractivity contribution in [3.63, 3.8) is 0 Å². The summed E-state index contributed by atoms with van der Waals surface area (Å²) in [6, 6.07) is 6.77. The van der Waals surface area contributed by atoms with E-state index in [0.29, 0.717) is 33.0 Å². The smallest absolute Gasteiger partial charge is 0.407 e. The molecule has 5 nitrogen and oxygen atoms in total. The van der Waals surface area contributed by atoms with E-state index in [1.165, 1.54) is 6.07 Å². The molecule has 0 spiro atoms. The maximum Gasteiger partial charge on any atom is 0.495 e. The number of hydrogen-bond donors (Lipinski definition) is 1. The summed E-state index contributed by atoms with van der Waals surface area (Å²) in [6.45, 7) is 21.4. The zero-order chi connectivity index (χ0) is 27.2. The molecule has 0 aliphatic carbocycles. The lowest BCUT2D eigenvalue weighted by Gasteiger charge is -2.38. The van der Waals surface area contributed by atoms with Crippen molar-refractivity contribution in [3.05, 3.63) is 35.6 Å². The van der Waals surface area contributed by atoms with E-state index in [-0.39, 0.29) is 11.1 Å². The molecule has 0 bridgehead atoms. The normalized spacial score (nSPS) is 17.1. The van der Waals surface area contributed by atoms with Crippen molar-refractivity contribution in [2.45, 2.75) is 97.1 Å². The summed E-state index contributed by atoms with van der Waals surface area (Å²) < 4.78 is 33.2. The van der Waals surface area contributed by atoms with Crippen molar-refractivity contribution >= 4 is 37.5 Å². The maximum atomic E-state index is 15.6. The number of ether oxygens (including phenoxy) is 1. The summed E-state index contributed by atoms with van der Waals surface area (Å²) >= 11 is 0. The highest BCUT2D eigenvalue weighted by Gasteiger charge is 2.52. The Labute approximate surface area is 216 Å². The first kappa shape index (κ1) is 28.2. The van der Waals surface area contributed by atoms with Gasteiger partial charge in [0, 0.05) is 16.3 Å². The highest BCUT2D eigenvalue weighted by Crippen LogP contribution is 2.41. The standard InChI is InChI=1S/C28H39BFNO4Si/c1-17(2)36(18(3)4,19(5)6)15-14-20-12-11-13-21-24(20)22(16-23(25(21)30)33-26(31)32)29-34-27(7,8)28(9,10)35-29/h11-13,16-19H,1-10H3,(H2,31,32). The van der Waals surface area contributed by atoms with Gasteiger partial charge >= 0.3 is 13.2 Å². The van der Waals surface area contributed by atoms with Crippen molar-refractivity contribution in [2.24, 2.45) is 5.73 Å². The molecule has 1 aliphatic rings. The van der Waals surface area contributed by atoms with Gasteiger partial charge in [-0.25, -0.2) is 9.18 Å². The summed E-state index contributed by atoms with van der Waals surface area (Å²) in [4.78, 5) is 11.5. The molecule has 36 heavy (non-hydrogen) atoms. The number of primary amides is 1. The Morgan fingerprint density at radius 3 is 2.03 bits per heavy atom. The molecule has 2 N–H and O–H groups in total. The van der Waals surface area contributed by atoms with E-state index in [2.05, 4.69) is 53.0 Å². The van der Waals surface area contributed by atoms with Gasteiger partial charge in [0.05, 0.1) is 11.2 Å². The van der Waals surface area contributed by atoms with E-state index >= 15 is 4.39 Å². The van der Waals surface area contributed by atoms with Gasteiger partial charge in [-0.05, 0) is 61.9 Å². The van der Waals surface area contributed by atoms with Gasteiger partial charge in [-0.3, -0.25) is 0 Å². The Bertz CT molecular complexity index is 1190. The number of nitrogens with two attached hydrogens (primary N) is 1. The summed E-state index contributed by atoms with van der Waals surface area (Å²) in [5, 5.41) is 0.869. The van der Waals surface area contributed by atoms with Crippen LogP contribution in [-0.2, 0) is 9.31 Å². The molecule has 0 saturated carbocycles. The minimum atomic E-state index is -2.04. The molecular formula is C28H39BFNO4Si. The Balaban J connectivity index is 2.34. The number of halogens is 1. The summed E-state index contributed by atoms with van der Waals surface area (Å²) in [6.07, 6.45) is -1.09. The number of carbonyl (C=O) groups excluding carboxylic acids is 1. The highest BCUT2D eigenvalue weighted by molar-refractivity contribution is 6.90. The van der Waals surface area contributed by atoms with Gasteiger partial charge in [0.1, 0.15) is 8.07 Å². The van der Waals surface area contributed by atoms with Crippen LogP contribution in [0.2, 0.25) is 16.6 Å². The minimum Gasteiger partial charge on any atom is -0.407 e. The van der Waals surface area contributed by atoms with Gasteiger partial charge in [-0.15, -0.1) is 5.54 Å². The number of rotatable bonds is 5. The molecule has 1 fully saturated rings.